The Labute approximate surface area is 253 Å². The van der Waals surface area contributed by atoms with Crippen molar-refractivity contribution in [3.63, 3.8) is 0 Å². The maximum atomic E-state index is 13.9. The Morgan fingerprint density at radius 2 is 1.69 bits per heavy atom. The van der Waals surface area contributed by atoms with Crippen molar-refractivity contribution in [2.75, 3.05) is 13.1 Å². The molecule has 0 aliphatic carbocycles. The number of hydrogen-bond donors (Lipinski definition) is 1. The summed E-state index contributed by atoms with van der Waals surface area (Å²) in [7, 11) is -4.02. The molecule has 2 aromatic carbocycles. The van der Waals surface area contributed by atoms with Crippen LogP contribution in [0.5, 0.6) is 5.75 Å². The van der Waals surface area contributed by atoms with Crippen molar-refractivity contribution in [2.45, 2.75) is 71.4 Å². The van der Waals surface area contributed by atoms with Gasteiger partial charge in [-0.2, -0.15) is 4.72 Å². The fraction of sp³-hybridized carbons (Fsp3) is 0.438. The van der Waals surface area contributed by atoms with Gasteiger partial charge in [-0.05, 0) is 54.2 Å². The number of amides is 1. The van der Waals surface area contributed by atoms with Crippen LogP contribution in [0.1, 0.15) is 63.7 Å². The van der Waals surface area contributed by atoms with Crippen molar-refractivity contribution in [2.24, 2.45) is 11.8 Å². The van der Waals surface area contributed by atoms with Crippen LogP contribution in [0.25, 0.3) is 11.0 Å². The third kappa shape index (κ3) is 8.42. The molecule has 4 aromatic rings. The van der Waals surface area contributed by atoms with Crippen molar-refractivity contribution >= 4 is 38.2 Å². The Morgan fingerprint density at radius 3 is 2.31 bits per heavy atom. The zero-order valence-corrected chi connectivity index (χ0v) is 26.8. The summed E-state index contributed by atoms with van der Waals surface area (Å²) in [6.07, 6.45) is 1.71. The van der Waals surface area contributed by atoms with Crippen LogP contribution in [0.4, 0.5) is 0 Å². The number of sulfonamides is 1. The van der Waals surface area contributed by atoms with Crippen molar-refractivity contribution in [1.82, 2.24) is 14.6 Å². The number of nitrogens with one attached hydrogen (secondary N) is 1. The van der Waals surface area contributed by atoms with Gasteiger partial charge in [-0.3, -0.25) is 4.79 Å². The van der Waals surface area contributed by atoms with Crippen LogP contribution in [0, 0.1) is 11.8 Å². The number of thiazole rings is 1. The Balaban J connectivity index is 1.54. The molecule has 2 aromatic heterocycles. The van der Waals surface area contributed by atoms with Gasteiger partial charge in [0.25, 0.3) is 0 Å². The number of carbonyl (C=O) groups excluding carboxylic acids is 1. The number of benzene rings is 2. The van der Waals surface area contributed by atoms with E-state index in [0.29, 0.717) is 36.9 Å². The maximum Gasteiger partial charge on any atom is 0.241 e. The second-order valence-electron chi connectivity index (χ2n) is 11.8. The molecule has 2 heterocycles. The van der Waals surface area contributed by atoms with Gasteiger partial charge < -0.3 is 14.1 Å². The molecule has 0 saturated heterocycles. The number of ether oxygens (including phenoxy) is 1. The third-order valence-corrected chi connectivity index (χ3v) is 9.29. The zero-order chi connectivity index (χ0) is 30.4. The van der Waals surface area contributed by atoms with Crippen molar-refractivity contribution in [3.05, 3.63) is 76.4 Å². The summed E-state index contributed by atoms with van der Waals surface area (Å²) in [5, 5.41) is 3.89. The van der Waals surface area contributed by atoms with Crippen LogP contribution in [-0.4, -0.2) is 43.3 Å². The van der Waals surface area contributed by atoms with Gasteiger partial charge in [0.05, 0.1) is 21.9 Å². The summed E-state index contributed by atoms with van der Waals surface area (Å²) in [4.78, 5) is 20.4. The Morgan fingerprint density at radius 1 is 1.00 bits per heavy atom. The average Bonchev–Trinajstić information content (AvgIpc) is 3.60. The SMILES string of the molecule is CC(C)CN(CC(C)C)C(=O)[C@H](Cc1ccc(OCc2csc(C(C)C)n2)cc1)NS(=O)(=O)c1ccc2ccoc2c1. The van der Waals surface area contributed by atoms with Crippen LogP contribution < -0.4 is 9.46 Å². The van der Waals surface area contributed by atoms with E-state index in [4.69, 9.17) is 9.15 Å². The number of aromatic nitrogens is 1. The number of nitrogens with zero attached hydrogens (tertiary/aromatic N) is 2. The first-order valence-corrected chi connectivity index (χ1v) is 16.7. The standard InChI is InChI=1S/C32H41N3O5S2/c1-21(2)17-35(18-22(3)4)32(36)29(34-42(37,38)28-12-9-25-13-14-39-30(25)16-28)15-24-7-10-27(11-8-24)40-19-26-20-41-31(33-26)23(5)6/h7-14,16,20-23,29,34H,15,17-19H2,1-6H3/t29-/m0/s1. The van der Waals surface area contributed by atoms with Gasteiger partial charge >= 0.3 is 0 Å². The van der Waals surface area contributed by atoms with Crippen molar-refractivity contribution in [1.29, 1.82) is 0 Å². The van der Waals surface area contributed by atoms with Crippen LogP contribution in [0.15, 0.2) is 69.5 Å². The number of carbonyl (C=O) groups is 1. The molecule has 0 aliphatic rings. The first-order chi connectivity index (χ1) is 19.9. The lowest BCUT2D eigenvalue weighted by Crippen LogP contribution is -2.51. The molecule has 0 spiro atoms. The van der Waals surface area contributed by atoms with E-state index in [1.54, 1.807) is 28.4 Å². The molecule has 0 bridgehead atoms. The molecule has 0 aliphatic heterocycles. The molecule has 1 atom stereocenters. The molecule has 8 nitrogen and oxygen atoms in total. The normalized spacial score (nSPS) is 12.9. The highest BCUT2D eigenvalue weighted by Gasteiger charge is 2.30. The second kappa shape index (κ2) is 13.8. The highest BCUT2D eigenvalue weighted by atomic mass is 32.2. The summed E-state index contributed by atoms with van der Waals surface area (Å²) in [5.74, 6) is 1.27. The van der Waals surface area contributed by atoms with E-state index >= 15 is 0 Å². The molecule has 0 fully saturated rings. The van der Waals surface area contributed by atoms with Crippen molar-refractivity contribution in [3.8, 4) is 5.75 Å². The van der Waals surface area contributed by atoms with Gasteiger partial charge in [-0.15, -0.1) is 11.3 Å². The van der Waals surface area contributed by atoms with Gasteiger partial charge in [-0.25, -0.2) is 13.4 Å². The molecular formula is C32H41N3O5S2. The molecule has 0 radical (unpaired) electrons. The summed E-state index contributed by atoms with van der Waals surface area (Å²) in [5.41, 5.74) is 2.17. The molecular weight excluding hydrogens is 571 g/mol. The quantitative estimate of drug-likeness (QED) is 0.172. The Kier molecular flexibility index (Phi) is 10.5. The molecule has 10 heteroatoms. The Hall–Kier alpha value is -3.21. The molecule has 42 heavy (non-hydrogen) atoms. The van der Waals surface area contributed by atoms with E-state index in [1.807, 2.05) is 57.3 Å². The van der Waals surface area contributed by atoms with E-state index in [0.717, 1.165) is 21.7 Å². The van der Waals surface area contributed by atoms with E-state index in [2.05, 4.69) is 23.6 Å². The third-order valence-electron chi connectivity index (χ3n) is 6.63. The number of fused-ring (bicyclic) bond motifs is 1. The molecule has 0 unspecified atom stereocenters. The van der Waals surface area contributed by atoms with Gasteiger partial charge in [0, 0.05) is 35.8 Å². The lowest BCUT2D eigenvalue weighted by atomic mass is 10.0. The van der Waals surface area contributed by atoms with Gasteiger partial charge in [0.1, 0.15) is 24.0 Å². The highest BCUT2D eigenvalue weighted by Crippen LogP contribution is 2.23. The monoisotopic (exact) mass is 611 g/mol. The van der Waals surface area contributed by atoms with Crippen LogP contribution >= 0.6 is 11.3 Å². The lowest BCUT2D eigenvalue weighted by Gasteiger charge is -2.30. The summed E-state index contributed by atoms with van der Waals surface area (Å²) in [6.45, 7) is 13.9. The molecule has 0 saturated carbocycles. The largest absolute Gasteiger partial charge is 0.487 e. The summed E-state index contributed by atoms with van der Waals surface area (Å²) in [6, 6.07) is 12.9. The number of rotatable bonds is 14. The van der Waals surface area contributed by atoms with Crippen LogP contribution in [0.2, 0.25) is 0 Å². The minimum Gasteiger partial charge on any atom is -0.487 e. The van der Waals surface area contributed by atoms with Crippen LogP contribution in [0.3, 0.4) is 0 Å². The first-order valence-electron chi connectivity index (χ1n) is 14.4. The van der Waals surface area contributed by atoms with Gasteiger partial charge in [0.2, 0.25) is 15.9 Å². The van der Waals surface area contributed by atoms with Crippen molar-refractivity contribution < 1.29 is 22.4 Å². The zero-order valence-electron chi connectivity index (χ0n) is 25.2. The molecule has 1 N–H and O–H groups in total. The van der Waals surface area contributed by atoms with Crippen LogP contribution in [-0.2, 0) is 27.8 Å². The van der Waals surface area contributed by atoms with E-state index in [9.17, 15) is 13.2 Å². The van der Waals surface area contributed by atoms with E-state index < -0.39 is 16.1 Å². The fourth-order valence-corrected chi connectivity index (χ4v) is 6.69. The smallest absolute Gasteiger partial charge is 0.241 e. The summed E-state index contributed by atoms with van der Waals surface area (Å²) < 4.78 is 41.1. The second-order valence-corrected chi connectivity index (χ2v) is 14.4. The van der Waals surface area contributed by atoms with Gasteiger partial charge in [0.15, 0.2) is 0 Å². The molecule has 4 rings (SSSR count). The van der Waals surface area contributed by atoms with Gasteiger partial charge in [-0.1, -0.05) is 53.7 Å². The fourth-order valence-electron chi connectivity index (χ4n) is 4.66. The molecule has 226 valence electrons. The lowest BCUT2D eigenvalue weighted by molar-refractivity contribution is -0.134. The van der Waals surface area contributed by atoms with E-state index in [1.165, 1.54) is 18.4 Å². The topological polar surface area (TPSA) is 102 Å². The Bertz CT molecular complexity index is 1560. The predicted octanol–water partition coefficient (Wildman–Crippen LogP) is 6.62. The summed E-state index contributed by atoms with van der Waals surface area (Å²) >= 11 is 1.63. The highest BCUT2D eigenvalue weighted by molar-refractivity contribution is 7.89. The minimum absolute atomic E-state index is 0.0495. The first kappa shape index (κ1) is 31.7. The maximum absolute atomic E-state index is 13.9. The molecule has 1 amide bonds. The minimum atomic E-state index is -4.02. The number of furan rings is 1. The predicted molar refractivity (Wildman–Crippen MR) is 167 cm³/mol. The van der Waals surface area contributed by atoms with E-state index in [-0.39, 0.29) is 29.1 Å². The number of hydrogen-bond acceptors (Lipinski definition) is 7. The average molecular weight is 612 g/mol.